The highest BCUT2D eigenvalue weighted by Gasteiger charge is 2.35. The Balaban J connectivity index is 1.44. The van der Waals surface area contributed by atoms with Gasteiger partial charge in [-0.15, -0.1) is 0 Å². The van der Waals surface area contributed by atoms with E-state index in [0.29, 0.717) is 50.3 Å². The SMILES string of the molecule is CCOC(=O)CCCNC(=O)c1cccc(CN2CCN(c3c(C)n(Cc4c(F)cccc4C(F)(F)F)c(=O)n(C[C@@H](NC(=O)OC(C)(C)C)c4ccccc4)c3=O)CC2)c1. The third-order valence-corrected chi connectivity index (χ3v) is 10.1. The van der Waals surface area contributed by atoms with Crippen LogP contribution in [0.1, 0.15) is 84.9 Å². The summed E-state index contributed by atoms with van der Waals surface area (Å²) in [6.07, 6.45) is -5.13. The van der Waals surface area contributed by atoms with Gasteiger partial charge in [0.25, 0.3) is 11.5 Å². The molecular weight excluding hydrogens is 801 g/mol. The molecule has 1 atom stereocenters. The molecule has 1 aliphatic heterocycles. The normalized spacial score (nSPS) is 14.0. The highest BCUT2D eigenvalue weighted by molar-refractivity contribution is 5.94. The van der Waals surface area contributed by atoms with Gasteiger partial charge in [0.2, 0.25) is 0 Å². The van der Waals surface area contributed by atoms with Gasteiger partial charge in [-0.3, -0.25) is 28.4 Å². The zero-order chi connectivity index (χ0) is 44.5. The van der Waals surface area contributed by atoms with Crippen LogP contribution in [0.25, 0.3) is 0 Å². The first-order valence-electron chi connectivity index (χ1n) is 20.1. The minimum absolute atomic E-state index is 0.0495. The first-order chi connectivity index (χ1) is 28.9. The number of halogens is 4. The van der Waals surface area contributed by atoms with E-state index in [1.54, 1.807) is 81.1 Å². The Morgan fingerprint density at radius 1 is 0.869 bits per heavy atom. The highest BCUT2D eigenvalue weighted by Crippen LogP contribution is 2.34. The van der Waals surface area contributed by atoms with Crippen molar-refractivity contribution in [2.45, 2.75) is 84.9 Å². The maximum Gasteiger partial charge on any atom is 0.416 e. The van der Waals surface area contributed by atoms with Crippen molar-refractivity contribution in [3.8, 4) is 0 Å². The van der Waals surface area contributed by atoms with Crippen LogP contribution in [0.4, 0.5) is 28.0 Å². The van der Waals surface area contributed by atoms with Crippen LogP contribution in [0.3, 0.4) is 0 Å². The van der Waals surface area contributed by atoms with Crippen molar-refractivity contribution < 1.29 is 41.4 Å². The molecule has 3 aromatic carbocycles. The fraction of sp³-hybridized carbons (Fsp3) is 0.432. The summed E-state index contributed by atoms with van der Waals surface area (Å²) < 4.78 is 70.1. The average molecular weight is 853 g/mol. The van der Waals surface area contributed by atoms with Crippen LogP contribution in [0.15, 0.2) is 82.4 Å². The molecule has 0 bridgehead atoms. The number of amides is 2. The van der Waals surface area contributed by atoms with Gasteiger partial charge in [-0.05, 0) is 76.4 Å². The van der Waals surface area contributed by atoms with Crippen molar-refractivity contribution in [1.29, 1.82) is 0 Å². The van der Waals surface area contributed by atoms with Crippen LogP contribution < -0.4 is 26.8 Å². The fourth-order valence-corrected chi connectivity index (χ4v) is 7.16. The first-order valence-corrected chi connectivity index (χ1v) is 20.1. The van der Waals surface area contributed by atoms with E-state index < -0.39 is 65.2 Å². The number of carbonyl (C=O) groups excluding carboxylic acids is 3. The lowest BCUT2D eigenvalue weighted by Crippen LogP contribution is -2.51. The summed E-state index contributed by atoms with van der Waals surface area (Å²) in [5.41, 5.74) is -2.70. The predicted octanol–water partition coefficient (Wildman–Crippen LogP) is 6.19. The number of esters is 1. The third kappa shape index (κ3) is 12.3. The molecule has 1 aliphatic rings. The topological polar surface area (TPSA) is 144 Å². The van der Waals surface area contributed by atoms with E-state index in [-0.39, 0.29) is 42.8 Å². The number of hydrogen-bond acceptors (Lipinski definition) is 9. The number of nitrogens with one attached hydrogen (secondary N) is 2. The lowest BCUT2D eigenvalue weighted by molar-refractivity contribution is -0.143. The molecule has 1 fully saturated rings. The van der Waals surface area contributed by atoms with Gasteiger partial charge in [-0.1, -0.05) is 48.5 Å². The molecule has 0 saturated carbocycles. The fourth-order valence-electron chi connectivity index (χ4n) is 7.16. The van der Waals surface area contributed by atoms with E-state index in [9.17, 15) is 37.1 Å². The second-order valence-corrected chi connectivity index (χ2v) is 15.7. The van der Waals surface area contributed by atoms with Crippen LogP contribution in [-0.4, -0.2) is 76.9 Å². The van der Waals surface area contributed by atoms with E-state index in [1.165, 1.54) is 6.92 Å². The molecule has 2 heterocycles. The summed E-state index contributed by atoms with van der Waals surface area (Å²) in [7, 11) is 0. The maximum atomic E-state index is 15.3. The molecule has 0 radical (unpaired) electrons. The molecule has 13 nitrogen and oxygen atoms in total. The van der Waals surface area contributed by atoms with Gasteiger partial charge >= 0.3 is 23.9 Å². The van der Waals surface area contributed by atoms with Crippen LogP contribution in [0.2, 0.25) is 0 Å². The zero-order valence-corrected chi connectivity index (χ0v) is 34.9. The van der Waals surface area contributed by atoms with Crippen molar-refractivity contribution in [1.82, 2.24) is 24.7 Å². The molecule has 2 amide bonds. The molecule has 17 heteroatoms. The monoisotopic (exact) mass is 852 g/mol. The zero-order valence-electron chi connectivity index (χ0n) is 34.9. The smallest absolute Gasteiger partial charge is 0.416 e. The molecule has 328 valence electrons. The highest BCUT2D eigenvalue weighted by atomic mass is 19.4. The number of carbonyl (C=O) groups is 3. The Bertz CT molecular complexity index is 2300. The second-order valence-electron chi connectivity index (χ2n) is 15.7. The maximum absolute atomic E-state index is 15.3. The Morgan fingerprint density at radius 3 is 2.21 bits per heavy atom. The van der Waals surface area contributed by atoms with E-state index in [0.717, 1.165) is 32.9 Å². The molecule has 2 N–H and O–H groups in total. The molecule has 1 aromatic heterocycles. The second kappa shape index (κ2) is 20.1. The van der Waals surface area contributed by atoms with Gasteiger partial charge in [-0.25, -0.2) is 14.0 Å². The molecule has 0 unspecified atom stereocenters. The van der Waals surface area contributed by atoms with E-state index in [1.807, 2.05) is 6.07 Å². The summed E-state index contributed by atoms with van der Waals surface area (Å²) >= 11 is 0. The van der Waals surface area contributed by atoms with Gasteiger partial charge < -0.3 is 25.0 Å². The summed E-state index contributed by atoms with van der Waals surface area (Å²) in [4.78, 5) is 70.3. The van der Waals surface area contributed by atoms with Gasteiger partial charge in [0.15, 0.2) is 0 Å². The molecule has 1 saturated heterocycles. The van der Waals surface area contributed by atoms with E-state index in [4.69, 9.17) is 9.47 Å². The lowest BCUT2D eigenvalue weighted by Gasteiger charge is -2.37. The van der Waals surface area contributed by atoms with Gasteiger partial charge in [0.1, 0.15) is 17.1 Å². The Hall–Kier alpha value is -5.97. The van der Waals surface area contributed by atoms with Crippen molar-refractivity contribution >= 4 is 23.7 Å². The standard InChI is InChI=1S/C44H52F4N6O7/c1-6-60-37(55)19-12-20-49-39(56)32-16-10-13-30(25-32)26-51-21-23-52(24-22-51)38-29(2)53(27-33-34(44(46,47)48)17-11-18-35(33)45)42(59)54(40(38)57)28-36(31-14-8-7-9-15-31)50-41(58)61-43(3,4)5/h7-11,13-18,25,36H,6,12,19-24,26-28H2,1-5H3,(H,49,56)(H,50,58)/t36-/m1/s1. The Morgan fingerprint density at radius 2 is 1.56 bits per heavy atom. The number of alkyl carbamates (subject to hydrolysis) is 1. The molecule has 0 spiro atoms. The number of aromatic nitrogens is 2. The lowest BCUT2D eigenvalue weighted by atomic mass is 10.1. The number of benzene rings is 3. The summed E-state index contributed by atoms with van der Waals surface area (Å²) in [5.74, 6) is -1.78. The van der Waals surface area contributed by atoms with Gasteiger partial charge in [-0.2, -0.15) is 13.2 Å². The molecule has 5 rings (SSSR count). The summed E-state index contributed by atoms with van der Waals surface area (Å²) in [6, 6.07) is 17.2. The van der Waals surface area contributed by atoms with Crippen molar-refractivity contribution in [3.63, 3.8) is 0 Å². The largest absolute Gasteiger partial charge is 0.466 e. The number of rotatable bonds is 15. The predicted molar refractivity (Wildman–Crippen MR) is 221 cm³/mol. The quantitative estimate of drug-likeness (QED) is 0.0814. The summed E-state index contributed by atoms with van der Waals surface area (Å²) in [5, 5.41) is 5.55. The summed E-state index contributed by atoms with van der Waals surface area (Å²) in [6.45, 7) is 9.42. The van der Waals surface area contributed by atoms with Crippen LogP contribution in [0, 0.1) is 12.7 Å². The molecular formula is C44H52F4N6O7. The van der Waals surface area contributed by atoms with Crippen LogP contribution >= 0.6 is 0 Å². The van der Waals surface area contributed by atoms with Crippen molar-refractivity contribution in [2.75, 3.05) is 44.2 Å². The first kappa shape index (κ1) is 46.1. The number of anilines is 1. The van der Waals surface area contributed by atoms with Gasteiger partial charge in [0, 0.05) is 62.5 Å². The average Bonchev–Trinajstić information content (AvgIpc) is 3.20. The van der Waals surface area contributed by atoms with E-state index in [2.05, 4.69) is 15.5 Å². The number of alkyl halides is 3. The number of hydrogen-bond donors (Lipinski definition) is 2. The molecule has 0 aliphatic carbocycles. The van der Waals surface area contributed by atoms with Crippen LogP contribution in [0.5, 0.6) is 0 Å². The number of ether oxygens (including phenoxy) is 2. The number of nitrogens with zero attached hydrogens (tertiary/aromatic N) is 4. The third-order valence-electron chi connectivity index (χ3n) is 10.1. The van der Waals surface area contributed by atoms with Gasteiger partial charge in [0.05, 0.1) is 31.3 Å². The van der Waals surface area contributed by atoms with Crippen molar-refractivity contribution in [2.24, 2.45) is 0 Å². The minimum Gasteiger partial charge on any atom is -0.466 e. The number of piperazine rings is 1. The Kier molecular flexibility index (Phi) is 15.2. The van der Waals surface area contributed by atoms with Crippen molar-refractivity contribution in [3.05, 3.63) is 133 Å². The molecule has 61 heavy (non-hydrogen) atoms. The Labute approximate surface area is 351 Å². The van der Waals surface area contributed by atoms with E-state index >= 15 is 4.39 Å². The molecule has 4 aromatic rings. The minimum atomic E-state index is -4.94. The van der Waals surface area contributed by atoms with Crippen LogP contribution in [-0.2, 0) is 40.1 Å².